The van der Waals surface area contributed by atoms with Crippen LogP contribution in [0, 0.1) is 6.92 Å². The van der Waals surface area contributed by atoms with Crippen LogP contribution in [0.25, 0.3) is 17.0 Å². The molecule has 3 aromatic heterocycles. The third kappa shape index (κ3) is 1.79. The number of nitrogen functional groups attached to an aromatic ring is 1. The Hall–Kier alpha value is -2.56. The molecular weight excluding hydrogens is 240 g/mol. The molecular formula is C14H14N4O. The van der Waals surface area contributed by atoms with Crippen molar-refractivity contribution in [2.24, 2.45) is 0 Å². The number of pyridine rings is 2. The van der Waals surface area contributed by atoms with Gasteiger partial charge in [-0.25, -0.2) is 9.97 Å². The number of hydrogen-bond acceptors (Lipinski definition) is 4. The van der Waals surface area contributed by atoms with Gasteiger partial charge in [0.2, 0.25) is 5.88 Å². The molecule has 3 rings (SSSR count). The third-order valence-corrected chi connectivity index (χ3v) is 3.06. The van der Waals surface area contributed by atoms with Crippen molar-refractivity contribution in [3.8, 4) is 17.3 Å². The average Bonchev–Trinajstić information content (AvgIpc) is 2.78. The zero-order valence-corrected chi connectivity index (χ0v) is 10.8. The highest BCUT2D eigenvalue weighted by molar-refractivity contribution is 5.73. The molecule has 0 aliphatic carbocycles. The van der Waals surface area contributed by atoms with Crippen molar-refractivity contribution in [1.29, 1.82) is 0 Å². The van der Waals surface area contributed by atoms with Crippen molar-refractivity contribution < 1.29 is 4.74 Å². The number of fused-ring (bicyclic) bond motifs is 1. The predicted octanol–water partition coefficient (Wildman–Crippen LogP) is 2.30. The summed E-state index contributed by atoms with van der Waals surface area (Å²) in [5.74, 6) is 1.13. The first-order valence-corrected chi connectivity index (χ1v) is 5.95. The predicted molar refractivity (Wildman–Crippen MR) is 74.1 cm³/mol. The second-order valence-electron chi connectivity index (χ2n) is 4.30. The standard InChI is InChI=1S/C14H14N4O/c1-9-5-4-8-18-13(15)12(17-14(9)18)10-6-3-7-11(16-10)19-2/h3-8H,15H2,1-2H3. The van der Waals surface area contributed by atoms with Crippen molar-refractivity contribution in [2.75, 3.05) is 12.8 Å². The Labute approximate surface area is 110 Å². The molecule has 0 amide bonds. The summed E-state index contributed by atoms with van der Waals surface area (Å²) in [6.07, 6.45) is 1.90. The Morgan fingerprint density at radius 3 is 2.74 bits per heavy atom. The number of rotatable bonds is 2. The molecule has 96 valence electrons. The number of aromatic nitrogens is 3. The summed E-state index contributed by atoms with van der Waals surface area (Å²) in [5.41, 5.74) is 9.45. The number of aryl methyl sites for hydroxylation is 1. The highest BCUT2D eigenvalue weighted by atomic mass is 16.5. The van der Waals surface area contributed by atoms with Gasteiger partial charge < -0.3 is 10.5 Å². The van der Waals surface area contributed by atoms with Crippen molar-refractivity contribution in [2.45, 2.75) is 6.92 Å². The number of nitrogens with zero attached hydrogens (tertiary/aromatic N) is 3. The van der Waals surface area contributed by atoms with Crippen LogP contribution in [0.3, 0.4) is 0 Å². The highest BCUT2D eigenvalue weighted by Crippen LogP contribution is 2.27. The minimum absolute atomic E-state index is 0.547. The maximum atomic E-state index is 6.15. The average molecular weight is 254 g/mol. The lowest BCUT2D eigenvalue weighted by molar-refractivity contribution is 0.398. The summed E-state index contributed by atoms with van der Waals surface area (Å²) in [6.45, 7) is 2.00. The first kappa shape index (κ1) is 11.5. The van der Waals surface area contributed by atoms with Crippen LogP contribution in [0.1, 0.15) is 5.56 Å². The minimum atomic E-state index is 0.547. The molecule has 0 aliphatic heterocycles. The number of ether oxygens (including phenoxy) is 1. The molecule has 5 heteroatoms. The van der Waals surface area contributed by atoms with Crippen molar-refractivity contribution in [3.05, 3.63) is 42.1 Å². The van der Waals surface area contributed by atoms with Crippen LogP contribution >= 0.6 is 0 Å². The van der Waals surface area contributed by atoms with Crippen molar-refractivity contribution >= 4 is 11.5 Å². The second-order valence-corrected chi connectivity index (χ2v) is 4.30. The van der Waals surface area contributed by atoms with Crippen LogP contribution in [0.5, 0.6) is 5.88 Å². The number of methoxy groups -OCH3 is 1. The molecule has 0 saturated heterocycles. The molecule has 0 bridgehead atoms. The molecule has 0 spiro atoms. The fourth-order valence-electron chi connectivity index (χ4n) is 2.07. The molecule has 5 nitrogen and oxygen atoms in total. The lowest BCUT2D eigenvalue weighted by Crippen LogP contribution is -1.96. The largest absolute Gasteiger partial charge is 0.481 e. The third-order valence-electron chi connectivity index (χ3n) is 3.06. The van der Waals surface area contributed by atoms with Gasteiger partial charge in [0.1, 0.15) is 17.2 Å². The molecule has 3 heterocycles. The normalized spacial score (nSPS) is 10.8. The van der Waals surface area contributed by atoms with E-state index in [1.165, 1.54) is 0 Å². The number of anilines is 1. The summed E-state index contributed by atoms with van der Waals surface area (Å²) >= 11 is 0. The molecule has 0 fully saturated rings. The lowest BCUT2D eigenvalue weighted by atomic mass is 10.3. The van der Waals surface area contributed by atoms with Crippen LogP contribution < -0.4 is 10.5 Å². The quantitative estimate of drug-likeness (QED) is 0.762. The SMILES string of the molecule is COc1cccc(-c2nc3c(C)cccn3c2N)n1. The van der Waals surface area contributed by atoms with Crippen LogP contribution in [0.15, 0.2) is 36.5 Å². The summed E-state index contributed by atoms with van der Waals surface area (Å²) in [6, 6.07) is 9.49. The Morgan fingerprint density at radius 2 is 2.00 bits per heavy atom. The molecule has 0 saturated carbocycles. The first-order chi connectivity index (χ1) is 9.20. The van der Waals surface area contributed by atoms with Gasteiger partial charge in [-0.2, -0.15) is 0 Å². The van der Waals surface area contributed by atoms with Gasteiger partial charge in [0, 0.05) is 12.3 Å². The molecule has 2 N–H and O–H groups in total. The maximum absolute atomic E-state index is 6.15. The Morgan fingerprint density at radius 1 is 1.16 bits per heavy atom. The monoisotopic (exact) mass is 254 g/mol. The van der Waals surface area contributed by atoms with E-state index in [-0.39, 0.29) is 0 Å². The van der Waals surface area contributed by atoms with Gasteiger partial charge in [0.15, 0.2) is 0 Å². The molecule has 0 atom stereocenters. The van der Waals surface area contributed by atoms with E-state index in [0.717, 1.165) is 11.2 Å². The van der Waals surface area contributed by atoms with Gasteiger partial charge in [0.05, 0.1) is 12.8 Å². The second kappa shape index (κ2) is 4.28. The topological polar surface area (TPSA) is 65.4 Å². The highest BCUT2D eigenvalue weighted by Gasteiger charge is 2.13. The van der Waals surface area contributed by atoms with E-state index in [1.807, 2.05) is 41.8 Å². The van der Waals surface area contributed by atoms with Crippen LogP contribution in [-0.4, -0.2) is 21.5 Å². The molecule has 0 radical (unpaired) electrons. The van der Waals surface area contributed by atoms with E-state index in [4.69, 9.17) is 10.5 Å². The summed E-state index contributed by atoms with van der Waals surface area (Å²) in [7, 11) is 1.59. The molecule has 0 aromatic carbocycles. The van der Waals surface area contributed by atoms with Gasteiger partial charge in [-0.3, -0.25) is 4.40 Å². The van der Waals surface area contributed by atoms with E-state index in [1.54, 1.807) is 13.2 Å². The van der Waals surface area contributed by atoms with Gasteiger partial charge in [0.25, 0.3) is 0 Å². The zero-order chi connectivity index (χ0) is 13.4. The molecule has 19 heavy (non-hydrogen) atoms. The van der Waals surface area contributed by atoms with E-state index in [2.05, 4.69) is 9.97 Å². The Bertz CT molecular complexity index is 748. The van der Waals surface area contributed by atoms with E-state index < -0.39 is 0 Å². The Kier molecular flexibility index (Phi) is 2.59. The lowest BCUT2D eigenvalue weighted by Gasteiger charge is -2.01. The fourth-order valence-corrected chi connectivity index (χ4v) is 2.07. The molecule has 0 unspecified atom stereocenters. The summed E-state index contributed by atoms with van der Waals surface area (Å²) in [4.78, 5) is 8.95. The van der Waals surface area contributed by atoms with Crippen LogP contribution in [0.4, 0.5) is 5.82 Å². The smallest absolute Gasteiger partial charge is 0.213 e. The van der Waals surface area contributed by atoms with Gasteiger partial charge in [-0.1, -0.05) is 12.1 Å². The summed E-state index contributed by atoms with van der Waals surface area (Å²) < 4.78 is 6.99. The van der Waals surface area contributed by atoms with E-state index in [9.17, 15) is 0 Å². The fraction of sp³-hybridized carbons (Fsp3) is 0.143. The number of hydrogen-bond donors (Lipinski definition) is 1. The van der Waals surface area contributed by atoms with Crippen LogP contribution in [0.2, 0.25) is 0 Å². The number of nitrogens with two attached hydrogens (primary N) is 1. The zero-order valence-electron chi connectivity index (χ0n) is 10.8. The van der Waals surface area contributed by atoms with Crippen molar-refractivity contribution in [3.63, 3.8) is 0 Å². The van der Waals surface area contributed by atoms with Gasteiger partial charge in [-0.15, -0.1) is 0 Å². The number of imidazole rings is 1. The van der Waals surface area contributed by atoms with E-state index in [0.29, 0.717) is 23.1 Å². The van der Waals surface area contributed by atoms with E-state index >= 15 is 0 Å². The molecule has 0 aliphatic rings. The van der Waals surface area contributed by atoms with Crippen LogP contribution in [-0.2, 0) is 0 Å². The molecule has 3 aromatic rings. The van der Waals surface area contributed by atoms with Crippen molar-refractivity contribution in [1.82, 2.24) is 14.4 Å². The maximum Gasteiger partial charge on any atom is 0.213 e. The van der Waals surface area contributed by atoms with Gasteiger partial charge >= 0.3 is 0 Å². The van der Waals surface area contributed by atoms with Gasteiger partial charge in [-0.05, 0) is 24.6 Å². The minimum Gasteiger partial charge on any atom is -0.481 e. The first-order valence-electron chi connectivity index (χ1n) is 5.95. The summed E-state index contributed by atoms with van der Waals surface area (Å²) in [5, 5.41) is 0. The Balaban J connectivity index is 2.25.